The molecule has 84 valence electrons. The summed E-state index contributed by atoms with van der Waals surface area (Å²) in [6.07, 6.45) is -4.98. The molecule has 0 fully saturated rings. The minimum Gasteiger partial charge on any atom is -0.399 e. The number of carbonyl (C=O) groups is 1. The van der Waals surface area contributed by atoms with E-state index in [4.69, 9.17) is 5.73 Å². The van der Waals surface area contributed by atoms with Crippen LogP contribution < -0.4 is 5.73 Å². The lowest BCUT2D eigenvalue weighted by atomic mass is 10.3. The number of nitrogens with two attached hydrogens (primary N) is 1. The van der Waals surface area contributed by atoms with Gasteiger partial charge >= 0.3 is 12.1 Å². The molecule has 0 atom stereocenters. The molecule has 2 rings (SSSR count). The number of hydrogen-bond donors (Lipinski definition) is 1. The fraction of sp³-hybridized carbons (Fsp3) is 0.125. The number of alkyl halides is 3. The maximum absolute atomic E-state index is 12.2. The van der Waals surface area contributed by atoms with Crippen molar-refractivity contribution in [3.63, 3.8) is 0 Å². The number of halogens is 3. The van der Waals surface area contributed by atoms with Gasteiger partial charge in [0.05, 0.1) is 5.52 Å². The lowest BCUT2D eigenvalue weighted by molar-refractivity contribution is -0.0953. The SMILES string of the molecule is Nc1ccc2c(c1)nnn2C(=O)C(F)(F)F. The zero-order chi connectivity index (χ0) is 11.9. The average Bonchev–Trinajstić information content (AvgIpc) is 2.57. The highest BCUT2D eigenvalue weighted by Gasteiger charge is 2.41. The second-order valence-electron chi connectivity index (χ2n) is 3.05. The van der Waals surface area contributed by atoms with Crippen molar-refractivity contribution in [1.29, 1.82) is 0 Å². The number of nitrogen functional groups attached to an aromatic ring is 1. The van der Waals surface area contributed by atoms with Crippen LogP contribution in [0.3, 0.4) is 0 Å². The molecular formula is C8H5F3N4O. The summed E-state index contributed by atoms with van der Waals surface area (Å²) in [7, 11) is 0. The van der Waals surface area contributed by atoms with E-state index in [-0.39, 0.29) is 15.7 Å². The van der Waals surface area contributed by atoms with E-state index in [9.17, 15) is 18.0 Å². The largest absolute Gasteiger partial charge is 0.473 e. The molecule has 0 radical (unpaired) electrons. The van der Waals surface area contributed by atoms with Gasteiger partial charge in [-0.05, 0) is 18.2 Å². The van der Waals surface area contributed by atoms with E-state index in [1.54, 1.807) is 0 Å². The van der Waals surface area contributed by atoms with Crippen LogP contribution in [0.5, 0.6) is 0 Å². The van der Waals surface area contributed by atoms with Crippen LogP contribution in [0.2, 0.25) is 0 Å². The van der Waals surface area contributed by atoms with Crippen LogP contribution in [-0.2, 0) is 0 Å². The molecule has 0 aliphatic carbocycles. The second-order valence-corrected chi connectivity index (χ2v) is 3.05. The van der Waals surface area contributed by atoms with Crippen molar-refractivity contribution in [3.8, 4) is 0 Å². The summed E-state index contributed by atoms with van der Waals surface area (Å²) in [5.74, 6) is -2.08. The summed E-state index contributed by atoms with van der Waals surface area (Å²) in [6.45, 7) is 0. The van der Waals surface area contributed by atoms with Gasteiger partial charge in [-0.2, -0.15) is 17.9 Å². The number of aromatic nitrogens is 3. The lowest BCUT2D eigenvalue weighted by Crippen LogP contribution is -2.29. The van der Waals surface area contributed by atoms with E-state index in [0.29, 0.717) is 5.69 Å². The highest BCUT2D eigenvalue weighted by Crippen LogP contribution is 2.21. The van der Waals surface area contributed by atoms with E-state index in [2.05, 4.69) is 10.3 Å². The van der Waals surface area contributed by atoms with Gasteiger partial charge in [0.25, 0.3) is 0 Å². The van der Waals surface area contributed by atoms with Crippen molar-refractivity contribution >= 4 is 22.6 Å². The average molecular weight is 230 g/mol. The molecule has 16 heavy (non-hydrogen) atoms. The van der Waals surface area contributed by atoms with Crippen LogP contribution in [-0.4, -0.2) is 27.1 Å². The monoisotopic (exact) mass is 230 g/mol. The predicted octanol–water partition coefficient (Wildman–Crippen LogP) is 1.22. The van der Waals surface area contributed by atoms with Crippen molar-refractivity contribution in [2.75, 3.05) is 5.73 Å². The number of carbonyl (C=O) groups excluding carboxylic acids is 1. The number of hydrogen-bond acceptors (Lipinski definition) is 4. The number of nitrogens with zero attached hydrogens (tertiary/aromatic N) is 3. The molecule has 0 aliphatic rings. The van der Waals surface area contributed by atoms with Gasteiger partial charge in [-0.1, -0.05) is 5.21 Å². The van der Waals surface area contributed by atoms with E-state index >= 15 is 0 Å². The van der Waals surface area contributed by atoms with E-state index in [0.717, 1.165) is 0 Å². The van der Waals surface area contributed by atoms with Gasteiger partial charge in [0, 0.05) is 5.69 Å². The quantitative estimate of drug-likeness (QED) is 0.690. The van der Waals surface area contributed by atoms with Crippen molar-refractivity contribution in [1.82, 2.24) is 15.0 Å². The third-order valence-electron chi connectivity index (χ3n) is 1.90. The Morgan fingerprint density at radius 1 is 1.38 bits per heavy atom. The van der Waals surface area contributed by atoms with Crippen LogP contribution in [0.25, 0.3) is 11.0 Å². The summed E-state index contributed by atoms with van der Waals surface area (Å²) in [5, 5.41) is 6.57. The van der Waals surface area contributed by atoms with Gasteiger partial charge in [-0.3, -0.25) is 4.79 Å². The Bertz CT molecular complexity index is 560. The Morgan fingerprint density at radius 3 is 2.69 bits per heavy atom. The molecule has 0 saturated heterocycles. The van der Waals surface area contributed by atoms with Crippen molar-refractivity contribution in [3.05, 3.63) is 18.2 Å². The van der Waals surface area contributed by atoms with Crippen LogP contribution >= 0.6 is 0 Å². The smallest absolute Gasteiger partial charge is 0.399 e. The van der Waals surface area contributed by atoms with Gasteiger partial charge in [0.15, 0.2) is 0 Å². The third-order valence-corrected chi connectivity index (χ3v) is 1.90. The van der Waals surface area contributed by atoms with Crippen LogP contribution in [0.1, 0.15) is 4.79 Å². The molecule has 0 saturated carbocycles. The fourth-order valence-electron chi connectivity index (χ4n) is 1.21. The van der Waals surface area contributed by atoms with Crippen molar-refractivity contribution < 1.29 is 18.0 Å². The molecule has 0 aliphatic heterocycles. The molecule has 0 spiro atoms. The zero-order valence-electron chi connectivity index (χ0n) is 7.69. The molecule has 2 aromatic rings. The molecule has 1 heterocycles. The standard InChI is InChI=1S/C8H5F3N4O/c9-8(10,11)7(16)15-6-2-1-4(12)3-5(6)13-14-15/h1-3H,12H2. The maximum Gasteiger partial charge on any atom is 0.473 e. The first-order valence-corrected chi connectivity index (χ1v) is 4.12. The number of rotatable bonds is 0. The molecule has 1 aromatic heterocycles. The van der Waals surface area contributed by atoms with Crippen molar-refractivity contribution in [2.24, 2.45) is 0 Å². The maximum atomic E-state index is 12.2. The van der Waals surface area contributed by atoms with Gasteiger partial charge in [0.2, 0.25) is 0 Å². The highest BCUT2D eigenvalue weighted by molar-refractivity contribution is 5.92. The Hall–Kier alpha value is -2.12. The second kappa shape index (κ2) is 3.19. The minimum absolute atomic E-state index is 0.0310. The zero-order valence-corrected chi connectivity index (χ0v) is 7.69. The van der Waals surface area contributed by atoms with E-state index in [1.807, 2.05) is 0 Å². The normalized spacial score (nSPS) is 11.9. The van der Waals surface area contributed by atoms with E-state index in [1.165, 1.54) is 18.2 Å². The van der Waals surface area contributed by atoms with Crippen LogP contribution in [0.4, 0.5) is 18.9 Å². The Labute approximate surface area is 86.6 Å². The summed E-state index contributed by atoms with van der Waals surface area (Å²) < 4.78 is 36.7. The highest BCUT2D eigenvalue weighted by atomic mass is 19.4. The van der Waals surface area contributed by atoms with Gasteiger partial charge < -0.3 is 5.73 Å². The summed E-state index contributed by atoms with van der Waals surface area (Å²) in [5.41, 5.74) is 5.85. The van der Waals surface area contributed by atoms with Gasteiger partial charge in [0.1, 0.15) is 5.52 Å². The number of anilines is 1. The molecular weight excluding hydrogens is 225 g/mol. The minimum atomic E-state index is -4.98. The number of benzene rings is 1. The number of fused-ring (bicyclic) bond motifs is 1. The van der Waals surface area contributed by atoms with Crippen LogP contribution in [0, 0.1) is 0 Å². The lowest BCUT2D eigenvalue weighted by Gasteiger charge is -2.04. The summed E-state index contributed by atoms with van der Waals surface area (Å²) in [4.78, 5) is 10.9. The molecule has 8 heteroatoms. The first-order chi connectivity index (χ1) is 7.39. The Morgan fingerprint density at radius 2 is 2.06 bits per heavy atom. The molecule has 0 unspecified atom stereocenters. The summed E-state index contributed by atoms with van der Waals surface area (Å²) >= 11 is 0. The molecule has 0 amide bonds. The first kappa shape index (κ1) is 10.4. The van der Waals surface area contributed by atoms with Gasteiger partial charge in [-0.15, -0.1) is 5.10 Å². The van der Waals surface area contributed by atoms with Crippen LogP contribution in [0.15, 0.2) is 18.2 Å². The summed E-state index contributed by atoms with van der Waals surface area (Å²) in [6, 6.07) is 3.96. The topological polar surface area (TPSA) is 73.8 Å². The molecule has 2 N–H and O–H groups in total. The Balaban J connectivity index is 2.59. The molecule has 5 nitrogen and oxygen atoms in total. The first-order valence-electron chi connectivity index (χ1n) is 4.12. The Kier molecular flexibility index (Phi) is 2.07. The molecule has 1 aromatic carbocycles. The molecule has 0 bridgehead atoms. The fourth-order valence-corrected chi connectivity index (χ4v) is 1.21. The third kappa shape index (κ3) is 1.58. The van der Waals surface area contributed by atoms with E-state index < -0.39 is 12.1 Å². The predicted molar refractivity (Wildman–Crippen MR) is 48.6 cm³/mol. The van der Waals surface area contributed by atoms with Crippen molar-refractivity contribution in [2.45, 2.75) is 6.18 Å². The van der Waals surface area contributed by atoms with Gasteiger partial charge in [-0.25, -0.2) is 0 Å².